The fourth-order valence-corrected chi connectivity index (χ4v) is 5.17. The Bertz CT molecular complexity index is 1420. The van der Waals surface area contributed by atoms with Crippen molar-refractivity contribution in [2.45, 2.75) is 95.4 Å². The van der Waals surface area contributed by atoms with Crippen molar-refractivity contribution >= 4 is 41.4 Å². The molecule has 1 aromatic carbocycles. The van der Waals surface area contributed by atoms with Crippen LogP contribution in [0.25, 0.3) is 0 Å². The van der Waals surface area contributed by atoms with Gasteiger partial charge in [0.1, 0.15) is 30.2 Å². The highest BCUT2D eigenvalue weighted by atomic mass is 16.2. The first-order chi connectivity index (χ1) is 23.0. The van der Waals surface area contributed by atoms with Crippen molar-refractivity contribution in [2.24, 2.45) is 5.73 Å². The van der Waals surface area contributed by atoms with E-state index in [9.17, 15) is 33.6 Å². The molecule has 2 unspecified atom stereocenters. The first-order valence-electron chi connectivity index (χ1n) is 16.0. The number of carbonyl (C=O) groups excluding carboxylic acids is 7. The van der Waals surface area contributed by atoms with Crippen molar-refractivity contribution in [3.63, 3.8) is 0 Å². The van der Waals surface area contributed by atoms with Crippen LogP contribution in [-0.4, -0.2) is 88.1 Å². The summed E-state index contributed by atoms with van der Waals surface area (Å²) in [6, 6.07) is 3.10. The highest BCUT2D eigenvalue weighted by molar-refractivity contribution is 5.96. The zero-order valence-corrected chi connectivity index (χ0v) is 27.2. The molecular weight excluding hydrogens is 622 g/mol. The molecule has 260 valence electrons. The largest absolute Gasteiger partial charge is 0.368 e. The van der Waals surface area contributed by atoms with Crippen LogP contribution < -0.4 is 37.6 Å². The summed E-state index contributed by atoms with van der Waals surface area (Å²) in [5, 5.41) is 15.8. The van der Waals surface area contributed by atoms with Crippen LogP contribution in [0.3, 0.4) is 0 Å². The smallest absolute Gasteiger partial charge is 0.243 e. The summed E-state index contributed by atoms with van der Waals surface area (Å²) in [4.78, 5) is 98.1. The Morgan fingerprint density at radius 2 is 1.65 bits per heavy atom. The van der Waals surface area contributed by atoms with Crippen molar-refractivity contribution < 1.29 is 33.6 Å². The summed E-state index contributed by atoms with van der Waals surface area (Å²) >= 11 is 0. The predicted molar refractivity (Wildman–Crippen MR) is 173 cm³/mol. The number of hydrogen-bond donors (Lipinski definition) is 8. The second kappa shape index (κ2) is 18.8. The number of nitrogens with zero attached hydrogens (tertiary/aromatic N) is 1. The van der Waals surface area contributed by atoms with Crippen molar-refractivity contribution in [2.75, 3.05) is 6.54 Å². The first-order valence-corrected chi connectivity index (χ1v) is 16.0. The summed E-state index contributed by atoms with van der Waals surface area (Å²) in [7, 11) is 0. The fourth-order valence-electron chi connectivity index (χ4n) is 5.17. The molecule has 9 N–H and O–H groups in total. The van der Waals surface area contributed by atoms with E-state index in [4.69, 9.17) is 5.73 Å². The third-order valence-electron chi connectivity index (χ3n) is 7.78. The number of nitrogens with one attached hydrogen (secondary N) is 7. The van der Waals surface area contributed by atoms with Gasteiger partial charge in [-0.2, -0.15) is 0 Å². The number of H-pyrrole nitrogens is 1. The number of primary amides is 1. The molecule has 1 saturated heterocycles. The van der Waals surface area contributed by atoms with E-state index in [1.165, 1.54) is 19.4 Å². The van der Waals surface area contributed by atoms with Gasteiger partial charge in [0.25, 0.3) is 0 Å². The van der Waals surface area contributed by atoms with Crippen LogP contribution in [0.5, 0.6) is 0 Å². The Hall–Kier alpha value is -5.28. The number of unbranched alkanes of at least 4 members (excludes halogenated alkanes) is 1. The quantitative estimate of drug-likeness (QED) is 0.141. The van der Waals surface area contributed by atoms with Gasteiger partial charge in [0.15, 0.2) is 0 Å². The summed E-state index contributed by atoms with van der Waals surface area (Å²) in [5.41, 5.74) is 6.76. The second-order valence-electron chi connectivity index (χ2n) is 11.7. The van der Waals surface area contributed by atoms with Gasteiger partial charge in [0.2, 0.25) is 41.4 Å². The maximum Gasteiger partial charge on any atom is 0.243 e. The lowest BCUT2D eigenvalue weighted by molar-refractivity contribution is -0.135. The van der Waals surface area contributed by atoms with Crippen LogP contribution in [-0.2, 0) is 46.4 Å². The first kappa shape index (κ1) is 37.2. The van der Waals surface area contributed by atoms with Gasteiger partial charge >= 0.3 is 0 Å². The van der Waals surface area contributed by atoms with Crippen LogP contribution in [0.1, 0.15) is 63.6 Å². The Morgan fingerprint density at radius 3 is 2.29 bits per heavy atom. The van der Waals surface area contributed by atoms with E-state index in [0.29, 0.717) is 24.1 Å². The standard InChI is InChI=1S/C32H45N9O7/c1-3-4-10-23(37-19(2)42)29(45)39-24-11-12-27(43)35-14-13-22(28(33)44)38-31(47)25(15-20-8-6-5-7-9-20)40-32(48)26(41-30(24)46)16-21-17-34-18-36-21/h5-9,17-18,22-26H,3-4,10-16H2,1-2H3,(H2,33,44)(H,34,36)(H,35,43)(H,37,42)(H,38,47)(H,39,45)(H,40,48)(H,41,46)/t22?,23-,24-,25?,26-/m0/s1. The predicted octanol–water partition coefficient (Wildman–Crippen LogP) is -1.39. The number of carbonyl (C=O) groups is 7. The summed E-state index contributed by atoms with van der Waals surface area (Å²) in [6.07, 6.45) is 4.20. The van der Waals surface area contributed by atoms with Gasteiger partial charge in [-0.25, -0.2) is 4.98 Å². The molecule has 0 radical (unpaired) electrons. The normalized spacial score (nSPS) is 21.9. The molecule has 5 atom stereocenters. The fraction of sp³-hybridized carbons (Fsp3) is 0.500. The number of benzene rings is 1. The molecule has 0 aliphatic carbocycles. The van der Waals surface area contributed by atoms with Gasteiger partial charge < -0.3 is 42.6 Å². The Morgan fingerprint density at radius 1 is 0.958 bits per heavy atom. The molecule has 3 rings (SSSR count). The van der Waals surface area contributed by atoms with Crippen molar-refractivity contribution in [3.8, 4) is 0 Å². The third-order valence-corrected chi connectivity index (χ3v) is 7.78. The van der Waals surface area contributed by atoms with E-state index in [1.54, 1.807) is 30.3 Å². The van der Waals surface area contributed by atoms with Crippen LogP contribution in [0.15, 0.2) is 42.9 Å². The van der Waals surface area contributed by atoms with Gasteiger partial charge in [-0.1, -0.05) is 50.1 Å². The minimum absolute atomic E-state index is 0.0282. The zero-order chi connectivity index (χ0) is 35.1. The molecule has 0 bridgehead atoms. The number of rotatable bonds is 11. The number of aromatic amines is 1. The highest BCUT2D eigenvalue weighted by Gasteiger charge is 2.33. The lowest BCUT2D eigenvalue weighted by Crippen LogP contribution is -2.60. The molecule has 48 heavy (non-hydrogen) atoms. The number of hydrogen-bond acceptors (Lipinski definition) is 8. The van der Waals surface area contributed by atoms with Crippen LogP contribution in [0.4, 0.5) is 0 Å². The van der Waals surface area contributed by atoms with E-state index >= 15 is 0 Å². The SMILES string of the molecule is CCCC[C@H](NC(C)=O)C(=O)N[C@H]1CCC(=O)NCCC(C(N)=O)NC(=O)C(Cc2ccccc2)NC(=O)[C@H](Cc2cnc[nH]2)NC1=O. The molecule has 7 amide bonds. The lowest BCUT2D eigenvalue weighted by Gasteiger charge is -2.27. The van der Waals surface area contributed by atoms with Crippen LogP contribution in [0.2, 0.25) is 0 Å². The van der Waals surface area contributed by atoms with E-state index in [-0.39, 0.29) is 38.6 Å². The molecule has 16 nitrogen and oxygen atoms in total. The summed E-state index contributed by atoms with van der Waals surface area (Å²) in [5.74, 6) is -4.52. The number of nitrogens with two attached hydrogens (primary N) is 1. The molecule has 1 aliphatic heterocycles. The highest BCUT2D eigenvalue weighted by Crippen LogP contribution is 2.09. The van der Waals surface area contributed by atoms with Gasteiger partial charge in [-0.05, 0) is 24.8 Å². The second-order valence-corrected chi connectivity index (χ2v) is 11.7. The minimum Gasteiger partial charge on any atom is -0.368 e. The van der Waals surface area contributed by atoms with Crippen LogP contribution >= 0.6 is 0 Å². The summed E-state index contributed by atoms with van der Waals surface area (Å²) < 4.78 is 0. The van der Waals surface area contributed by atoms with Gasteiger partial charge in [-0.3, -0.25) is 33.6 Å². The monoisotopic (exact) mass is 667 g/mol. The number of amides is 7. The topological polar surface area (TPSA) is 246 Å². The van der Waals surface area contributed by atoms with E-state index in [0.717, 1.165) is 6.42 Å². The molecular formula is C32H45N9O7. The minimum atomic E-state index is -1.27. The van der Waals surface area contributed by atoms with E-state index in [2.05, 4.69) is 41.9 Å². The number of imidazole rings is 1. The van der Waals surface area contributed by atoms with E-state index in [1.807, 2.05) is 6.92 Å². The van der Waals surface area contributed by atoms with E-state index < -0.39 is 71.6 Å². The third kappa shape index (κ3) is 12.1. The zero-order valence-electron chi connectivity index (χ0n) is 27.2. The van der Waals surface area contributed by atoms with Crippen molar-refractivity contribution in [1.82, 2.24) is 41.9 Å². The molecule has 2 aromatic rings. The van der Waals surface area contributed by atoms with Gasteiger partial charge in [-0.15, -0.1) is 0 Å². The molecule has 1 fully saturated rings. The Labute approximate surface area is 278 Å². The van der Waals surface area contributed by atoms with Gasteiger partial charge in [0, 0.05) is 44.6 Å². The average molecular weight is 668 g/mol. The maximum atomic E-state index is 13.8. The summed E-state index contributed by atoms with van der Waals surface area (Å²) in [6.45, 7) is 3.18. The molecule has 2 heterocycles. The lowest BCUT2D eigenvalue weighted by atomic mass is 10.0. The average Bonchev–Trinajstić information content (AvgIpc) is 3.56. The molecule has 1 aromatic heterocycles. The molecule has 0 saturated carbocycles. The Balaban J connectivity index is 1.96. The molecule has 16 heteroatoms. The van der Waals surface area contributed by atoms with Crippen molar-refractivity contribution in [3.05, 3.63) is 54.1 Å². The van der Waals surface area contributed by atoms with Gasteiger partial charge in [0.05, 0.1) is 6.33 Å². The Kier molecular flexibility index (Phi) is 14.5. The molecule has 0 spiro atoms. The van der Waals surface area contributed by atoms with Crippen molar-refractivity contribution in [1.29, 1.82) is 0 Å². The maximum absolute atomic E-state index is 13.8. The van der Waals surface area contributed by atoms with Crippen LogP contribution in [0, 0.1) is 0 Å². The number of aromatic nitrogens is 2. The molecule has 1 aliphatic rings.